The molecule has 0 radical (unpaired) electrons. The summed E-state index contributed by atoms with van der Waals surface area (Å²) in [4.78, 5) is 0. The van der Waals surface area contributed by atoms with Crippen LogP contribution in [0, 0.1) is 0 Å². The van der Waals surface area contributed by atoms with E-state index in [9.17, 15) is 0 Å². The molecule has 0 aliphatic heterocycles. The van der Waals surface area contributed by atoms with Crippen LogP contribution in [0.1, 0.15) is 31.2 Å². The fourth-order valence-electron chi connectivity index (χ4n) is 1.54. The predicted octanol–water partition coefficient (Wildman–Crippen LogP) is 2.73. The Morgan fingerprint density at radius 2 is 1.94 bits per heavy atom. The number of hydrogen-bond acceptors (Lipinski definition) is 3. The average Bonchev–Trinajstić information content (AvgIpc) is 2.34. The Morgan fingerprint density at radius 1 is 1.18 bits per heavy atom. The fraction of sp³-hybridized carbons (Fsp3) is 0.538. The van der Waals surface area contributed by atoms with Crippen LogP contribution in [-0.2, 0) is 6.54 Å². The highest BCUT2D eigenvalue weighted by atomic mass is 35.5. The molecule has 3 N–H and O–H groups in total. The van der Waals surface area contributed by atoms with Gasteiger partial charge in [-0.1, -0.05) is 24.1 Å². The molecule has 0 amide bonds. The molecule has 0 bridgehead atoms. The second kappa shape index (κ2) is 8.34. The second-order valence-corrected chi connectivity index (χ2v) is 4.35. The van der Waals surface area contributed by atoms with Crippen LogP contribution in [0.15, 0.2) is 18.2 Å². The van der Waals surface area contributed by atoms with E-state index in [0.29, 0.717) is 18.2 Å². The van der Waals surface area contributed by atoms with Crippen molar-refractivity contribution < 1.29 is 9.84 Å². The molecule has 17 heavy (non-hydrogen) atoms. The molecule has 0 unspecified atom stereocenters. The first-order valence-electron chi connectivity index (χ1n) is 6.00. The van der Waals surface area contributed by atoms with Crippen LogP contribution < -0.4 is 10.5 Å². The van der Waals surface area contributed by atoms with Gasteiger partial charge in [-0.05, 0) is 37.0 Å². The third kappa shape index (κ3) is 5.39. The smallest absolute Gasteiger partial charge is 0.120 e. The van der Waals surface area contributed by atoms with Crippen LogP contribution >= 0.6 is 11.6 Å². The number of unbranched alkanes of at least 4 members (excludes halogenated alkanes) is 3. The lowest BCUT2D eigenvalue weighted by Crippen LogP contribution is -2.00. The minimum atomic E-state index is 0.275. The Hall–Kier alpha value is -0.770. The fourth-order valence-corrected chi connectivity index (χ4v) is 1.79. The lowest BCUT2D eigenvalue weighted by molar-refractivity contribution is 0.273. The molecular formula is C13H20ClNO2. The Balaban J connectivity index is 2.25. The summed E-state index contributed by atoms with van der Waals surface area (Å²) < 4.78 is 5.58. The third-order valence-electron chi connectivity index (χ3n) is 2.57. The molecule has 0 saturated carbocycles. The number of aliphatic hydroxyl groups excluding tert-OH is 1. The standard InChI is InChI=1S/C13H20ClNO2/c14-13-9-12(6-5-11(13)10-15)17-8-4-2-1-3-7-16/h5-6,9,16H,1-4,7-8,10,15H2. The Bertz CT molecular complexity index is 331. The van der Waals surface area contributed by atoms with Crippen molar-refractivity contribution in [2.45, 2.75) is 32.2 Å². The first kappa shape index (κ1) is 14.3. The van der Waals surface area contributed by atoms with E-state index in [0.717, 1.165) is 37.0 Å². The highest BCUT2D eigenvalue weighted by Crippen LogP contribution is 2.22. The maximum atomic E-state index is 8.62. The average molecular weight is 258 g/mol. The van der Waals surface area contributed by atoms with Gasteiger partial charge in [0.05, 0.1) is 6.61 Å². The molecule has 96 valence electrons. The minimum absolute atomic E-state index is 0.275. The molecular weight excluding hydrogens is 238 g/mol. The SMILES string of the molecule is NCc1ccc(OCCCCCCO)cc1Cl. The summed E-state index contributed by atoms with van der Waals surface area (Å²) >= 11 is 6.02. The summed E-state index contributed by atoms with van der Waals surface area (Å²) in [5, 5.41) is 9.28. The summed E-state index contributed by atoms with van der Waals surface area (Å²) in [5.41, 5.74) is 6.46. The van der Waals surface area contributed by atoms with E-state index in [4.69, 9.17) is 27.2 Å². The second-order valence-electron chi connectivity index (χ2n) is 3.94. The van der Waals surface area contributed by atoms with Gasteiger partial charge in [-0.15, -0.1) is 0 Å². The number of halogens is 1. The predicted molar refractivity (Wildman–Crippen MR) is 70.4 cm³/mol. The van der Waals surface area contributed by atoms with Gasteiger partial charge in [0.2, 0.25) is 0 Å². The minimum Gasteiger partial charge on any atom is -0.494 e. The van der Waals surface area contributed by atoms with Crippen molar-refractivity contribution in [1.82, 2.24) is 0 Å². The maximum absolute atomic E-state index is 8.62. The van der Waals surface area contributed by atoms with Gasteiger partial charge in [0, 0.05) is 18.2 Å². The normalized spacial score (nSPS) is 10.5. The topological polar surface area (TPSA) is 55.5 Å². The Morgan fingerprint density at radius 3 is 2.59 bits per heavy atom. The Labute approximate surface area is 108 Å². The molecule has 3 nitrogen and oxygen atoms in total. The molecule has 0 aromatic heterocycles. The summed E-state index contributed by atoms with van der Waals surface area (Å²) in [6.45, 7) is 1.40. The molecule has 1 aromatic carbocycles. The summed E-state index contributed by atoms with van der Waals surface area (Å²) in [6, 6.07) is 5.59. The number of benzene rings is 1. The summed E-state index contributed by atoms with van der Waals surface area (Å²) in [5.74, 6) is 0.786. The van der Waals surface area contributed by atoms with Crippen molar-refractivity contribution >= 4 is 11.6 Å². The maximum Gasteiger partial charge on any atom is 0.120 e. The molecule has 0 spiro atoms. The van der Waals surface area contributed by atoms with Crippen LogP contribution in [0.4, 0.5) is 0 Å². The van der Waals surface area contributed by atoms with Gasteiger partial charge < -0.3 is 15.6 Å². The third-order valence-corrected chi connectivity index (χ3v) is 2.92. The van der Waals surface area contributed by atoms with Crippen LogP contribution in [0.2, 0.25) is 5.02 Å². The van der Waals surface area contributed by atoms with Gasteiger partial charge in [-0.2, -0.15) is 0 Å². The van der Waals surface area contributed by atoms with Gasteiger partial charge in [-0.25, -0.2) is 0 Å². The largest absolute Gasteiger partial charge is 0.494 e. The van der Waals surface area contributed by atoms with Crippen LogP contribution in [-0.4, -0.2) is 18.3 Å². The van der Waals surface area contributed by atoms with E-state index < -0.39 is 0 Å². The zero-order valence-electron chi connectivity index (χ0n) is 9.99. The Kier molecular flexibility index (Phi) is 7.01. The summed E-state index contributed by atoms with van der Waals surface area (Å²) in [6.07, 6.45) is 4.00. The first-order chi connectivity index (χ1) is 8.27. The van der Waals surface area contributed by atoms with Crippen molar-refractivity contribution in [2.75, 3.05) is 13.2 Å². The van der Waals surface area contributed by atoms with E-state index in [1.807, 2.05) is 12.1 Å². The molecule has 0 atom stereocenters. The molecule has 0 aliphatic rings. The van der Waals surface area contributed by atoms with E-state index in [2.05, 4.69) is 0 Å². The van der Waals surface area contributed by atoms with Crippen LogP contribution in [0.5, 0.6) is 5.75 Å². The number of ether oxygens (including phenoxy) is 1. The lowest BCUT2D eigenvalue weighted by Gasteiger charge is -2.08. The number of nitrogens with two attached hydrogens (primary N) is 1. The quantitative estimate of drug-likeness (QED) is 0.704. The van der Waals surface area contributed by atoms with Crippen LogP contribution in [0.25, 0.3) is 0 Å². The highest BCUT2D eigenvalue weighted by molar-refractivity contribution is 6.31. The monoisotopic (exact) mass is 257 g/mol. The molecule has 0 saturated heterocycles. The van der Waals surface area contributed by atoms with Gasteiger partial charge in [0.15, 0.2) is 0 Å². The van der Waals surface area contributed by atoms with E-state index in [1.54, 1.807) is 6.07 Å². The molecule has 1 rings (SSSR count). The highest BCUT2D eigenvalue weighted by Gasteiger charge is 2.00. The zero-order valence-corrected chi connectivity index (χ0v) is 10.7. The van der Waals surface area contributed by atoms with E-state index in [-0.39, 0.29) is 6.61 Å². The molecule has 0 fully saturated rings. The summed E-state index contributed by atoms with van der Waals surface area (Å²) in [7, 11) is 0. The van der Waals surface area contributed by atoms with Gasteiger partial charge >= 0.3 is 0 Å². The van der Waals surface area contributed by atoms with E-state index >= 15 is 0 Å². The first-order valence-corrected chi connectivity index (χ1v) is 6.38. The van der Waals surface area contributed by atoms with E-state index in [1.165, 1.54) is 0 Å². The molecule has 4 heteroatoms. The number of rotatable bonds is 8. The van der Waals surface area contributed by atoms with Crippen molar-refractivity contribution in [3.8, 4) is 5.75 Å². The van der Waals surface area contributed by atoms with Crippen LogP contribution in [0.3, 0.4) is 0 Å². The van der Waals surface area contributed by atoms with Crippen molar-refractivity contribution in [3.05, 3.63) is 28.8 Å². The van der Waals surface area contributed by atoms with Crippen molar-refractivity contribution in [3.63, 3.8) is 0 Å². The number of hydrogen-bond donors (Lipinski definition) is 2. The van der Waals surface area contributed by atoms with Crippen molar-refractivity contribution in [1.29, 1.82) is 0 Å². The van der Waals surface area contributed by atoms with Crippen molar-refractivity contribution in [2.24, 2.45) is 5.73 Å². The number of aliphatic hydroxyl groups is 1. The zero-order chi connectivity index (χ0) is 12.5. The lowest BCUT2D eigenvalue weighted by atomic mass is 10.2. The van der Waals surface area contributed by atoms with Gasteiger partial charge in [-0.3, -0.25) is 0 Å². The molecule has 0 heterocycles. The van der Waals surface area contributed by atoms with Gasteiger partial charge in [0.1, 0.15) is 5.75 Å². The van der Waals surface area contributed by atoms with Gasteiger partial charge in [0.25, 0.3) is 0 Å². The molecule has 1 aromatic rings. The molecule has 0 aliphatic carbocycles.